The number of ether oxygens (including phenoxy) is 1. The number of nitrogens with one attached hydrogen (secondary N) is 1. The fourth-order valence-electron chi connectivity index (χ4n) is 3.55. The molecule has 0 atom stereocenters. The number of furan rings is 1. The van der Waals surface area contributed by atoms with E-state index < -0.39 is 5.97 Å². The lowest BCUT2D eigenvalue weighted by molar-refractivity contribution is -0.119. The molecule has 2 aromatic carbocycles. The molecule has 4 rings (SSSR count). The maximum Gasteiger partial charge on any atom is 0.341 e. The van der Waals surface area contributed by atoms with Gasteiger partial charge in [0.25, 0.3) is 5.91 Å². The van der Waals surface area contributed by atoms with Crippen molar-refractivity contribution in [3.8, 4) is 0 Å². The molecule has 160 valence electrons. The summed E-state index contributed by atoms with van der Waals surface area (Å²) in [5, 5.41) is 2.74. The second-order valence-corrected chi connectivity index (χ2v) is 7.43. The van der Waals surface area contributed by atoms with E-state index in [1.807, 2.05) is 30.3 Å². The molecular weight excluding hydrogens is 394 g/mol. The van der Waals surface area contributed by atoms with Gasteiger partial charge in [-0.1, -0.05) is 30.3 Å². The van der Waals surface area contributed by atoms with Crippen molar-refractivity contribution in [2.45, 2.75) is 6.54 Å². The Labute approximate surface area is 181 Å². The van der Waals surface area contributed by atoms with Crippen LogP contribution in [0.4, 0.5) is 11.4 Å². The van der Waals surface area contributed by atoms with Gasteiger partial charge in [0.2, 0.25) is 0 Å². The van der Waals surface area contributed by atoms with Gasteiger partial charge in [-0.15, -0.1) is 0 Å². The van der Waals surface area contributed by atoms with Crippen molar-refractivity contribution in [2.75, 3.05) is 43.0 Å². The van der Waals surface area contributed by atoms with Crippen LogP contribution in [0.5, 0.6) is 0 Å². The van der Waals surface area contributed by atoms with E-state index in [0.29, 0.717) is 5.69 Å². The van der Waals surface area contributed by atoms with Crippen molar-refractivity contribution < 1.29 is 18.7 Å². The van der Waals surface area contributed by atoms with E-state index in [2.05, 4.69) is 39.4 Å². The second kappa shape index (κ2) is 9.95. The molecule has 1 N–H and O–H groups in total. The summed E-state index contributed by atoms with van der Waals surface area (Å²) in [6.07, 6.45) is 2.65. The monoisotopic (exact) mass is 419 g/mol. The molecule has 1 saturated heterocycles. The third kappa shape index (κ3) is 5.73. The van der Waals surface area contributed by atoms with Gasteiger partial charge in [0.1, 0.15) is 6.26 Å². The van der Waals surface area contributed by atoms with Crippen LogP contribution < -0.4 is 10.2 Å². The number of hydrogen-bond acceptors (Lipinski definition) is 6. The second-order valence-electron chi connectivity index (χ2n) is 7.43. The average molecular weight is 419 g/mol. The lowest BCUT2D eigenvalue weighted by Crippen LogP contribution is -2.45. The number of carbonyl (C=O) groups excluding carboxylic acids is 2. The summed E-state index contributed by atoms with van der Waals surface area (Å²) in [6.45, 7) is 4.57. The molecule has 1 aliphatic rings. The quantitative estimate of drug-likeness (QED) is 0.592. The van der Waals surface area contributed by atoms with Crippen LogP contribution in [0, 0.1) is 0 Å². The first-order valence-electron chi connectivity index (χ1n) is 10.3. The molecule has 2 heterocycles. The minimum absolute atomic E-state index is 0.279. The van der Waals surface area contributed by atoms with Crippen LogP contribution >= 0.6 is 0 Å². The summed E-state index contributed by atoms with van der Waals surface area (Å²) < 4.78 is 9.79. The SMILES string of the molecule is O=C(COC(=O)c1ccoc1)Nc1ccc(N2CCN(Cc3ccccc3)CC2)cc1. The van der Waals surface area contributed by atoms with Crippen LogP contribution in [0.3, 0.4) is 0 Å². The molecule has 7 nitrogen and oxygen atoms in total. The van der Waals surface area contributed by atoms with Gasteiger partial charge in [-0.2, -0.15) is 0 Å². The van der Waals surface area contributed by atoms with Crippen LogP contribution in [-0.4, -0.2) is 49.6 Å². The number of esters is 1. The van der Waals surface area contributed by atoms with Gasteiger partial charge in [-0.25, -0.2) is 4.79 Å². The standard InChI is InChI=1S/C24H25N3O4/c28-23(18-31-24(29)20-10-15-30-17-20)25-21-6-8-22(9-7-21)27-13-11-26(12-14-27)16-19-4-2-1-3-5-19/h1-10,15,17H,11-14,16,18H2,(H,25,28). The van der Waals surface area contributed by atoms with Crippen molar-refractivity contribution in [1.82, 2.24) is 4.90 Å². The predicted octanol–water partition coefficient (Wildman–Crippen LogP) is 3.40. The Bertz CT molecular complexity index is 979. The highest BCUT2D eigenvalue weighted by Gasteiger charge is 2.17. The smallest absolute Gasteiger partial charge is 0.341 e. The molecule has 3 aromatic rings. The van der Waals surface area contributed by atoms with E-state index in [1.165, 1.54) is 24.2 Å². The van der Waals surface area contributed by atoms with Gasteiger partial charge in [0.05, 0.1) is 11.8 Å². The summed E-state index contributed by atoms with van der Waals surface area (Å²) in [7, 11) is 0. The fraction of sp³-hybridized carbons (Fsp3) is 0.250. The van der Waals surface area contributed by atoms with Gasteiger partial charge in [-0.05, 0) is 35.9 Å². The molecule has 0 bridgehead atoms. The highest BCUT2D eigenvalue weighted by atomic mass is 16.5. The van der Waals surface area contributed by atoms with Crippen molar-refractivity contribution in [1.29, 1.82) is 0 Å². The molecule has 1 aliphatic heterocycles. The minimum atomic E-state index is -0.592. The number of benzene rings is 2. The highest BCUT2D eigenvalue weighted by molar-refractivity contribution is 5.95. The molecule has 0 spiro atoms. The van der Waals surface area contributed by atoms with Crippen LogP contribution in [0.15, 0.2) is 77.6 Å². The Balaban J connectivity index is 1.22. The predicted molar refractivity (Wildman–Crippen MR) is 118 cm³/mol. The van der Waals surface area contributed by atoms with E-state index in [4.69, 9.17) is 9.15 Å². The number of carbonyl (C=O) groups is 2. The normalized spacial score (nSPS) is 14.3. The van der Waals surface area contributed by atoms with Crippen molar-refractivity contribution in [3.05, 3.63) is 84.3 Å². The summed E-state index contributed by atoms with van der Waals surface area (Å²) >= 11 is 0. The Kier molecular flexibility index (Phi) is 6.64. The van der Waals surface area contributed by atoms with Crippen molar-refractivity contribution in [2.24, 2.45) is 0 Å². The maximum atomic E-state index is 12.0. The molecule has 1 amide bonds. The Morgan fingerprint density at radius 2 is 1.68 bits per heavy atom. The first kappa shape index (κ1) is 20.7. The van der Waals surface area contributed by atoms with Gasteiger partial charge < -0.3 is 19.4 Å². The van der Waals surface area contributed by atoms with Crippen molar-refractivity contribution in [3.63, 3.8) is 0 Å². The zero-order chi connectivity index (χ0) is 21.5. The number of hydrogen-bond donors (Lipinski definition) is 1. The summed E-state index contributed by atoms with van der Waals surface area (Å²) in [5.41, 5.74) is 3.41. The summed E-state index contributed by atoms with van der Waals surface area (Å²) in [4.78, 5) is 28.6. The first-order valence-corrected chi connectivity index (χ1v) is 10.3. The van der Waals surface area contributed by atoms with Crippen LogP contribution in [0.1, 0.15) is 15.9 Å². The third-order valence-corrected chi connectivity index (χ3v) is 5.23. The van der Waals surface area contributed by atoms with Crippen LogP contribution in [-0.2, 0) is 16.1 Å². The highest BCUT2D eigenvalue weighted by Crippen LogP contribution is 2.20. The molecule has 0 aliphatic carbocycles. The summed E-state index contributed by atoms with van der Waals surface area (Å²) in [6, 6.07) is 19.7. The molecule has 0 unspecified atom stereocenters. The molecular formula is C24H25N3O4. The van der Waals surface area contributed by atoms with E-state index in [9.17, 15) is 9.59 Å². The van der Waals surface area contributed by atoms with Crippen molar-refractivity contribution >= 4 is 23.3 Å². The summed E-state index contributed by atoms with van der Waals surface area (Å²) in [5.74, 6) is -0.982. The average Bonchev–Trinajstić information content (AvgIpc) is 3.35. The first-order chi connectivity index (χ1) is 15.2. The molecule has 7 heteroatoms. The number of nitrogens with zero attached hydrogens (tertiary/aromatic N) is 2. The molecule has 1 aromatic heterocycles. The Morgan fingerprint density at radius 3 is 2.35 bits per heavy atom. The fourth-order valence-corrected chi connectivity index (χ4v) is 3.55. The Morgan fingerprint density at radius 1 is 0.935 bits per heavy atom. The zero-order valence-electron chi connectivity index (χ0n) is 17.2. The Hall–Kier alpha value is -3.58. The van der Waals surface area contributed by atoms with E-state index >= 15 is 0 Å². The van der Waals surface area contributed by atoms with Crippen LogP contribution in [0.2, 0.25) is 0 Å². The largest absolute Gasteiger partial charge is 0.472 e. The zero-order valence-corrected chi connectivity index (χ0v) is 17.2. The number of rotatable bonds is 7. The van der Waals surface area contributed by atoms with E-state index in [-0.39, 0.29) is 18.1 Å². The number of piperazine rings is 1. The molecule has 1 fully saturated rings. The molecule has 0 saturated carbocycles. The minimum Gasteiger partial charge on any atom is -0.472 e. The number of amides is 1. The van der Waals surface area contributed by atoms with Gasteiger partial charge in [0, 0.05) is 44.1 Å². The molecule has 0 radical (unpaired) electrons. The lowest BCUT2D eigenvalue weighted by Gasteiger charge is -2.36. The van der Waals surface area contributed by atoms with Gasteiger partial charge in [-0.3, -0.25) is 9.69 Å². The number of anilines is 2. The van der Waals surface area contributed by atoms with Gasteiger partial charge in [0.15, 0.2) is 6.61 Å². The third-order valence-electron chi connectivity index (χ3n) is 5.23. The maximum absolute atomic E-state index is 12.0. The topological polar surface area (TPSA) is 75.0 Å². The van der Waals surface area contributed by atoms with Gasteiger partial charge >= 0.3 is 5.97 Å². The molecule has 31 heavy (non-hydrogen) atoms. The lowest BCUT2D eigenvalue weighted by atomic mass is 10.2. The van der Waals surface area contributed by atoms with E-state index in [1.54, 1.807) is 0 Å². The van der Waals surface area contributed by atoms with E-state index in [0.717, 1.165) is 38.4 Å². The van der Waals surface area contributed by atoms with Crippen LogP contribution in [0.25, 0.3) is 0 Å².